The summed E-state index contributed by atoms with van der Waals surface area (Å²) in [6.45, 7) is 0. The molecule has 0 aliphatic carbocycles. The van der Waals surface area contributed by atoms with Gasteiger partial charge in [-0.2, -0.15) is 21.0 Å². The minimum absolute atomic E-state index is 0.206. The van der Waals surface area contributed by atoms with Crippen LogP contribution in [0.1, 0.15) is 22.3 Å². The standard InChI is InChI=1S/C24H4Cl4N4/c25-13-1-9(5-29)17-10(6-30)2-15(27)21-22-16(28)4-12(8-32)18-11(7-31)3-14(26)20(24(18)22)19(13)23(17)21/h1-4H. The van der Waals surface area contributed by atoms with Gasteiger partial charge >= 0.3 is 0 Å². The Labute approximate surface area is 200 Å². The third kappa shape index (κ3) is 2.42. The van der Waals surface area contributed by atoms with Gasteiger partial charge in [-0.1, -0.05) is 46.4 Å². The third-order valence-electron chi connectivity index (χ3n) is 5.60. The average molecular weight is 490 g/mol. The molecule has 0 aliphatic heterocycles. The van der Waals surface area contributed by atoms with Gasteiger partial charge < -0.3 is 0 Å². The van der Waals surface area contributed by atoms with E-state index < -0.39 is 0 Å². The maximum Gasteiger partial charge on any atom is 0.0999 e. The molecule has 0 radical (unpaired) electrons. The van der Waals surface area contributed by atoms with Crippen molar-refractivity contribution in [1.82, 2.24) is 0 Å². The number of nitriles is 4. The molecule has 0 fully saturated rings. The minimum Gasteiger partial charge on any atom is -0.192 e. The molecule has 5 rings (SSSR count). The van der Waals surface area contributed by atoms with Gasteiger partial charge in [0.2, 0.25) is 0 Å². The molecule has 0 amide bonds. The summed E-state index contributed by atoms with van der Waals surface area (Å²) < 4.78 is 0. The Hall–Kier alpha value is -3.48. The first kappa shape index (κ1) is 20.4. The lowest BCUT2D eigenvalue weighted by Gasteiger charge is -2.20. The molecule has 148 valence electrons. The van der Waals surface area contributed by atoms with Crippen LogP contribution in [0.3, 0.4) is 0 Å². The van der Waals surface area contributed by atoms with Crippen molar-refractivity contribution in [1.29, 1.82) is 21.0 Å². The van der Waals surface area contributed by atoms with E-state index in [-0.39, 0.29) is 42.3 Å². The second-order valence-electron chi connectivity index (χ2n) is 7.07. The SMILES string of the molecule is N#Cc1cc(Cl)c2c3c(Cl)cc(C#N)c4c(C#N)cc(Cl)c(c5c(Cl)cc(C#N)c1c25)c43. The molecule has 4 nitrogen and oxygen atoms in total. The molecule has 8 heteroatoms. The lowest BCUT2D eigenvalue weighted by atomic mass is 9.84. The van der Waals surface area contributed by atoms with Gasteiger partial charge in [0.1, 0.15) is 0 Å². The molecule has 0 saturated heterocycles. The Kier molecular flexibility index (Phi) is 4.48. The van der Waals surface area contributed by atoms with Crippen molar-refractivity contribution in [2.24, 2.45) is 0 Å². The molecule has 0 N–H and O–H groups in total. The Morgan fingerprint density at radius 2 is 0.594 bits per heavy atom. The normalized spacial score (nSPS) is 11.0. The van der Waals surface area contributed by atoms with Gasteiger partial charge in [-0.15, -0.1) is 0 Å². The van der Waals surface area contributed by atoms with Gasteiger partial charge in [0.15, 0.2) is 0 Å². The maximum atomic E-state index is 9.74. The van der Waals surface area contributed by atoms with Gasteiger partial charge in [-0.3, -0.25) is 0 Å². The zero-order chi connectivity index (χ0) is 22.9. The fourth-order valence-electron chi connectivity index (χ4n) is 4.47. The monoisotopic (exact) mass is 488 g/mol. The molecule has 0 heterocycles. The van der Waals surface area contributed by atoms with Gasteiger partial charge in [-0.05, 0) is 24.3 Å². The summed E-state index contributed by atoms with van der Waals surface area (Å²) in [6, 6.07) is 14.2. The van der Waals surface area contributed by atoms with Crippen LogP contribution < -0.4 is 0 Å². The lowest BCUT2D eigenvalue weighted by molar-refractivity contribution is 1.48. The summed E-state index contributed by atoms with van der Waals surface area (Å²) in [7, 11) is 0. The summed E-state index contributed by atoms with van der Waals surface area (Å²) in [5.74, 6) is 0. The number of benzene rings is 5. The number of halogens is 4. The highest BCUT2D eigenvalue weighted by Gasteiger charge is 2.26. The fraction of sp³-hybridized carbons (Fsp3) is 0. The zero-order valence-corrected chi connectivity index (χ0v) is 18.6. The number of rotatable bonds is 0. The predicted molar refractivity (Wildman–Crippen MR) is 127 cm³/mol. The Morgan fingerprint density at radius 1 is 0.375 bits per heavy atom. The first-order chi connectivity index (χ1) is 15.4. The van der Waals surface area contributed by atoms with E-state index in [4.69, 9.17) is 46.4 Å². The molecule has 5 aromatic rings. The molecule has 0 bridgehead atoms. The smallest absolute Gasteiger partial charge is 0.0999 e. The first-order valence-electron chi connectivity index (χ1n) is 8.96. The van der Waals surface area contributed by atoms with Crippen LogP contribution in [0.25, 0.3) is 43.1 Å². The van der Waals surface area contributed by atoms with Crippen molar-refractivity contribution < 1.29 is 0 Å². The van der Waals surface area contributed by atoms with Gasteiger partial charge in [0, 0.05) is 43.1 Å². The molecule has 0 saturated carbocycles. The number of hydrogen-bond acceptors (Lipinski definition) is 4. The largest absolute Gasteiger partial charge is 0.192 e. The van der Waals surface area contributed by atoms with Crippen LogP contribution >= 0.6 is 46.4 Å². The third-order valence-corrected chi connectivity index (χ3v) is 6.79. The molecule has 0 atom stereocenters. The molecule has 0 aromatic heterocycles. The van der Waals surface area contributed by atoms with E-state index in [1.165, 1.54) is 24.3 Å². The van der Waals surface area contributed by atoms with E-state index in [0.29, 0.717) is 43.1 Å². The van der Waals surface area contributed by atoms with Crippen molar-refractivity contribution >= 4 is 89.5 Å². The lowest BCUT2D eigenvalue weighted by Crippen LogP contribution is -1.97. The molecule has 0 unspecified atom stereocenters. The van der Waals surface area contributed by atoms with Crippen LogP contribution in [-0.4, -0.2) is 0 Å². The fourth-order valence-corrected chi connectivity index (χ4v) is 5.66. The quantitative estimate of drug-likeness (QED) is 0.163. The van der Waals surface area contributed by atoms with E-state index in [0.717, 1.165) is 0 Å². The number of fused-ring (bicyclic) bond motifs is 2. The summed E-state index contributed by atoms with van der Waals surface area (Å²) in [4.78, 5) is 0. The van der Waals surface area contributed by atoms with Crippen molar-refractivity contribution in [2.75, 3.05) is 0 Å². The number of hydrogen-bond donors (Lipinski definition) is 0. The van der Waals surface area contributed by atoms with E-state index >= 15 is 0 Å². The van der Waals surface area contributed by atoms with Gasteiger partial charge in [0.05, 0.1) is 66.6 Å². The Morgan fingerprint density at radius 3 is 0.781 bits per heavy atom. The molecular formula is C24H4Cl4N4. The highest BCUT2D eigenvalue weighted by atomic mass is 35.5. The van der Waals surface area contributed by atoms with E-state index in [1.807, 2.05) is 0 Å². The summed E-state index contributed by atoms with van der Waals surface area (Å²) in [5.41, 5.74) is 0.824. The van der Waals surface area contributed by atoms with Crippen LogP contribution in [0.5, 0.6) is 0 Å². The van der Waals surface area contributed by atoms with Crippen LogP contribution in [-0.2, 0) is 0 Å². The Bertz CT molecular complexity index is 1600. The molecule has 5 aromatic carbocycles. The summed E-state index contributed by atoms with van der Waals surface area (Å²) in [6.07, 6.45) is 0. The van der Waals surface area contributed by atoms with Crippen LogP contribution in [0.4, 0.5) is 0 Å². The van der Waals surface area contributed by atoms with Crippen molar-refractivity contribution in [2.45, 2.75) is 0 Å². The molecule has 0 spiro atoms. The summed E-state index contributed by atoms with van der Waals surface area (Å²) >= 11 is 26.6. The van der Waals surface area contributed by atoms with Gasteiger partial charge in [-0.25, -0.2) is 0 Å². The Balaban J connectivity index is 2.37. The van der Waals surface area contributed by atoms with Crippen LogP contribution in [0.15, 0.2) is 24.3 Å². The zero-order valence-electron chi connectivity index (χ0n) is 15.6. The van der Waals surface area contributed by atoms with Crippen molar-refractivity contribution in [3.8, 4) is 24.3 Å². The minimum atomic E-state index is 0.206. The van der Waals surface area contributed by atoms with Gasteiger partial charge in [0.25, 0.3) is 0 Å². The highest BCUT2D eigenvalue weighted by Crippen LogP contribution is 2.51. The maximum absolute atomic E-state index is 9.74. The van der Waals surface area contributed by atoms with E-state index in [1.54, 1.807) is 0 Å². The second-order valence-corrected chi connectivity index (χ2v) is 8.70. The molecule has 32 heavy (non-hydrogen) atoms. The van der Waals surface area contributed by atoms with Crippen LogP contribution in [0.2, 0.25) is 20.1 Å². The van der Waals surface area contributed by atoms with Crippen molar-refractivity contribution in [3.63, 3.8) is 0 Å². The van der Waals surface area contributed by atoms with Crippen molar-refractivity contribution in [3.05, 3.63) is 66.6 Å². The van der Waals surface area contributed by atoms with E-state index in [9.17, 15) is 21.0 Å². The molecular weight excluding hydrogens is 486 g/mol. The second kappa shape index (κ2) is 7.02. The average Bonchev–Trinajstić information content (AvgIpc) is 2.79. The topological polar surface area (TPSA) is 95.2 Å². The number of nitrogens with zero attached hydrogens (tertiary/aromatic N) is 4. The molecule has 0 aliphatic rings. The summed E-state index contributed by atoms with van der Waals surface area (Å²) in [5, 5.41) is 43.4. The van der Waals surface area contributed by atoms with E-state index in [2.05, 4.69) is 24.3 Å². The highest BCUT2D eigenvalue weighted by molar-refractivity contribution is 6.53. The first-order valence-corrected chi connectivity index (χ1v) is 10.5. The predicted octanol–water partition coefficient (Wildman–Crippen LogP) is 7.84. The van der Waals surface area contributed by atoms with Crippen LogP contribution in [0, 0.1) is 45.3 Å².